The Kier molecular flexibility index (Phi) is 12.7. The summed E-state index contributed by atoms with van der Waals surface area (Å²) in [4.78, 5) is 35.3. The van der Waals surface area contributed by atoms with E-state index in [2.05, 4.69) is 36.5 Å². The van der Waals surface area contributed by atoms with Crippen molar-refractivity contribution in [2.75, 3.05) is 81.7 Å². The number of aromatic hydroxyl groups is 1. The van der Waals surface area contributed by atoms with Gasteiger partial charge in [-0.25, -0.2) is 14.2 Å². The molecule has 3 aromatic carbocycles. The van der Waals surface area contributed by atoms with Crippen LogP contribution in [0.5, 0.6) is 5.75 Å². The number of phenols is 1. The molecule has 3 aliphatic heterocycles. The van der Waals surface area contributed by atoms with Crippen LogP contribution in [0.15, 0.2) is 42.5 Å². The molecule has 1 aromatic heterocycles. The number of amides is 3. The van der Waals surface area contributed by atoms with Gasteiger partial charge in [-0.3, -0.25) is 4.79 Å². The zero-order chi connectivity index (χ0) is 37.4. The highest BCUT2D eigenvalue weighted by molar-refractivity contribution is 8.00. The van der Waals surface area contributed by atoms with Gasteiger partial charge in [-0.2, -0.15) is 16.7 Å². The smallest absolute Gasteiger partial charge is 0.315 e. The second-order valence-corrected chi connectivity index (χ2v) is 15.3. The predicted molar refractivity (Wildman–Crippen MR) is 211 cm³/mol. The molecule has 4 aromatic rings. The molecule has 3 amide bonds. The Balaban J connectivity index is 0.868. The third kappa shape index (κ3) is 9.03. The maximum atomic E-state index is 16.6. The Hall–Kier alpha value is -4.15. The Morgan fingerprint density at radius 1 is 1.02 bits per heavy atom. The van der Waals surface area contributed by atoms with Crippen LogP contribution in [-0.2, 0) is 14.3 Å². The lowest BCUT2D eigenvalue weighted by Gasteiger charge is -2.29. The molecular formula is C38H46ClFN8O5S. The summed E-state index contributed by atoms with van der Waals surface area (Å²) in [5.41, 5.74) is 0.781. The molecule has 288 valence electrons. The van der Waals surface area contributed by atoms with Crippen molar-refractivity contribution in [2.24, 2.45) is 0 Å². The number of fused-ring (bicyclic) bond motifs is 3. The Morgan fingerprint density at radius 3 is 2.65 bits per heavy atom. The fraction of sp³-hybridized carbons (Fsp3) is 0.474. The van der Waals surface area contributed by atoms with E-state index in [9.17, 15) is 14.7 Å². The van der Waals surface area contributed by atoms with Crippen LogP contribution in [-0.4, -0.2) is 116 Å². The lowest BCUT2D eigenvalue weighted by molar-refractivity contribution is -0.121. The van der Waals surface area contributed by atoms with Crippen LogP contribution in [0.2, 0.25) is 5.02 Å². The number of anilines is 2. The number of benzene rings is 3. The number of hydrogen-bond donors (Lipinski definition) is 6. The van der Waals surface area contributed by atoms with Crippen molar-refractivity contribution in [3.05, 3.63) is 53.3 Å². The van der Waals surface area contributed by atoms with E-state index >= 15 is 4.39 Å². The van der Waals surface area contributed by atoms with Crippen molar-refractivity contribution in [2.45, 2.75) is 43.0 Å². The van der Waals surface area contributed by atoms with Crippen molar-refractivity contribution >= 4 is 68.7 Å². The normalized spacial score (nSPS) is 19.6. The van der Waals surface area contributed by atoms with Gasteiger partial charge in [0.25, 0.3) is 0 Å². The minimum atomic E-state index is -0.588. The first kappa shape index (κ1) is 38.1. The molecular weight excluding hydrogens is 735 g/mol. The summed E-state index contributed by atoms with van der Waals surface area (Å²) in [6.07, 6.45) is 3.22. The number of carbonyl (C=O) groups excluding carboxylic acids is 2. The molecule has 3 saturated heterocycles. The number of unbranched alkanes of at least 4 members (excludes halogenated alkanes) is 1. The molecule has 0 unspecified atom stereocenters. The van der Waals surface area contributed by atoms with E-state index < -0.39 is 5.82 Å². The predicted octanol–water partition coefficient (Wildman–Crippen LogP) is 4.64. The number of piperazine rings is 1. The molecule has 54 heavy (non-hydrogen) atoms. The summed E-state index contributed by atoms with van der Waals surface area (Å²) >= 11 is 8.70. The highest BCUT2D eigenvalue weighted by atomic mass is 35.5. The van der Waals surface area contributed by atoms with Gasteiger partial charge in [0.1, 0.15) is 17.1 Å². The molecule has 13 nitrogen and oxygen atoms in total. The summed E-state index contributed by atoms with van der Waals surface area (Å²) in [7, 11) is 0. The van der Waals surface area contributed by atoms with Crippen LogP contribution in [0.4, 0.5) is 21.0 Å². The molecule has 0 bridgehead atoms. The zero-order valence-corrected chi connectivity index (χ0v) is 31.5. The van der Waals surface area contributed by atoms with Crippen LogP contribution < -0.4 is 31.5 Å². The fourth-order valence-electron chi connectivity index (χ4n) is 7.31. The molecule has 0 radical (unpaired) electrons. The van der Waals surface area contributed by atoms with E-state index in [4.69, 9.17) is 26.1 Å². The van der Waals surface area contributed by atoms with Crippen LogP contribution in [0.25, 0.3) is 32.8 Å². The van der Waals surface area contributed by atoms with Gasteiger partial charge < -0.3 is 46.1 Å². The molecule has 0 saturated carbocycles. The Labute approximate surface area is 322 Å². The van der Waals surface area contributed by atoms with Gasteiger partial charge in [-0.1, -0.05) is 42.3 Å². The minimum absolute atomic E-state index is 0.0109. The third-order valence-electron chi connectivity index (χ3n) is 9.95. The fourth-order valence-corrected chi connectivity index (χ4v) is 9.14. The van der Waals surface area contributed by atoms with Gasteiger partial charge in [-0.05, 0) is 47.4 Å². The van der Waals surface area contributed by atoms with Gasteiger partial charge in [0.15, 0.2) is 5.82 Å². The largest absolute Gasteiger partial charge is 0.508 e. The second-order valence-electron chi connectivity index (χ2n) is 13.6. The van der Waals surface area contributed by atoms with Crippen LogP contribution in [0, 0.1) is 5.82 Å². The quantitative estimate of drug-likeness (QED) is 0.0654. The van der Waals surface area contributed by atoms with Crippen molar-refractivity contribution in [3.63, 3.8) is 0 Å². The van der Waals surface area contributed by atoms with Crippen LogP contribution >= 0.6 is 23.4 Å². The molecule has 0 aliphatic carbocycles. The average molecular weight is 781 g/mol. The van der Waals surface area contributed by atoms with Gasteiger partial charge >= 0.3 is 6.03 Å². The van der Waals surface area contributed by atoms with Crippen molar-refractivity contribution in [3.8, 4) is 16.9 Å². The summed E-state index contributed by atoms with van der Waals surface area (Å²) < 4.78 is 28.0. The Bertz CT molecular complexity index is 1970. The molecule has 16 heteroatoms. The van der Waals surface area contributed by atoms with E-state index in [1.165, 1.54) is 6.07 Å². The molecule has 3 atom stereocenters. The van der Waals surface area contributed by atoms with Gasteiger partial charge in [0.05, 0.1) is 43.5 Å². The van der Waals surface area contributed by atoms with Gasteiger partial charge in [-0.15, -0.1) is 0 Å². The molecule has 7 rings (SSSR count). The number of halogens is 2. The first-order chi connectivity index (χ1) is 26.4. The summed E-state index contributed by atoms with van der Waals surface area (Å²) in [5.74, 6) is 1.24. The molecule has 3 fully saturated rings. The topological polar surface area (TPSA) is 162 Å². The minimum Gasteiger partial charge on any atom is -0.508 e. The number of phenolic OH excluding ortho intramolecular Hbond substituents is 1. The van der Waals surface area contributed by atoms with Crippen molar-refractivity contribution in [1.82, 2.24) is 31.2 Å². The molecule has 6 N–H and O–H groups in total. The van der Waals surface area contributed by atoms with Crippen LogP contribution in [0.1, 0.15) is 25.7 Å². The van der Waals surface area contributed by atoms with E-state index in [0.29, 0.717) is 81.0 Å². The van der Waals surface area contributed by atoms with E-state index in [-0.39, 0.29) is 51.8 Å². The number of carbonyl (C=O) groups is 2. The average Bonchev–Trinajstić information content (AvgIpc) is 3.73. The number of nitrogens with zero attached hydrogens (tertiary/aromatic N) is 3. The number of thioether (sulfide) groups is 1. The van der Waals surface area contributed by atoms with Gasteiger partial charge in [0, 0.05) is 67.6 Å². The lowest BCUT2D eigenvalue weighted by Crippen LogP contribution is -2.44. The number of ether oxygens (including phenoxy) is 2. The summed E-state index contributed by atoms with van der Waals surface area (Å²) in [6, 6.07) is 12.7. The Morgan fingerprint density at radius 2 is 1.81 bits per heavy atom. The monoisotopic (exact) mass is 780 g/mol. The van der Waals surface area contributed by atoms with Crippen molar-refractivity contribution in [1.29, 1.82) is 0 Å². The number of rotatable bonds is 17. The second kappa shape index (κ2) is 18.0. The van der Waals surface area contributed by atoms with Crippen LogP contribution in [0.3, 0.4) is 0 Å². The maximum absolute atomic E-state index is 16.6. The summed E-state index contributed by atoms with van der Waals surface area (Å²) in [6.45, 7) is 5.21. The zero-order valence-electron chi connectivity index (χ0n) is 30.0. The number of nitrogens with one attached hydrogen (secondary N) is 5. The lowest BCUT2D eigenvalue weighted by atomic mass is 9.96. The summed E-state index contributed by atoms with van der Waals surface area (Å²) in [5, 5.41) is 28.5. The van der Waals surface area contributed by atoms with Crippen molar-refractivity contribution < 1.29 is 28.6 Å². The highest BCUT2D eigenvalue weighted by Crippen LogP contribution is 2.42. The number of hydrogen-bond acceptors (Lipinski definition) is 11. The highest BCUT2D eigenvalue weighted by Gasteiger charge is 2.42. The first-order valence-corrected chi connectivity index (χ1v) is 20.0. The molecule has 4 heterocycles. The van der Waals surface area contributed by atoms with Gasteiger partial charge in [0.2, 0.25) is 11.9 Å². The van der Waals surface area contributed by atoms with E-state index in [1.54, 1.807) is 12.1 Å². The third-order valence-corrected chi connectivity index (χ3v) is 11.8. The number of urea groups is 1. The maximum Gasteiger partial charge on any atom is 0.315 e. The SMILES string of the molecule is O=C(CCCC[C@@H]1SC[C@@H]2NC(=O)N[C@@H]21)NCCOCCOCCNc1nc(N2CCNCC2)c2cc(Cl)c(-c3cc(O)cc4ccccc34)c(F)c2n1. The first-order valence-electron chi connectivity index (χ1n) is 18.6. The van der Waals surface area contributed by atoms with E-state index in [0.717, 1.165) is 48.9 Å². The molecule has 3 aliphatic rings. The number of aromatic nitrogens is 2. The molecule has 0 spiro atoms. The standard InChI is InChI=1S/C38H46ClFN8O5S/c39-28-21-27-34(33(40)32(28)26-20-24(49)19-23-5-1-2-6-25(23)26)45-37(47-36(27)48-13-9-41-10-14-48)43-12-16-53-18-17-52-15-11-42-31(50)8-4-3-7-30-35-29(22-54-30)44-38(51)46-35/h1-2,5-6,19-21,29-30,35,41,49H,3-4,7-18,22H2,(H,42,50)(H,43,45,47)(H2,44,46,51)/t29-,30-,35-/m0/s1. The van der Waals surface area contributed by atoms with E-state index in [1.807, 2.05) is 36.0 Å².